The molecule has 1 atom stereocenters. The van der Waals surface area contributed by atoms with E-state index in [4.69, 9.17) is 5.11 Å². The summed E-state index contributed by atoms with van der Waals surface area (Å²) in [7, 11) is 0. The van der Waals surface area contributed by atoms with Crippen molar-refractivity contribution in [2.45, 2.75) is 39.0 Å². The molecule has 0 fully saturated rings. The second-order valence-corrected chi connectivity index (χ2v) is 4.98. The van der Waals surface area contributed by atoms with Gasteiger partial charge in [0.25, 0.3) is 0 Å². The Morgan fingerprint density at radius 3 is 2.82 bits per heavy atom. The van der Waals surface area contributed by atoms with E-state index in [1.54, 1.807) is 6.92 Å². The van der Waals surface area contributed by atoms with Gasteiger partial charge in [-0.15, -0.1) is 0 Å². The molecular formula is C15H20O2. The molecule has 0 bridgehead atoms. The lowest BCUT2D eigenvalue weighted by Crippen LogP contribution is -2.15. The van der Waals surface area contributed by atoms with E-state index in [2.05, 4.69) is 18.2 Å². The molecule has 1 N–H and O–H groups in total. The minimum absolute atomic E-state index is 0.0283. The van der Waals surface area contributed by atoms with E-state index in [1.165, 1.54) is 36.0 Å². The van der Waals surface area contributed by atoms with E-state index < -0.39 is 0 Å². The van der Waals surface area contributed by atoms with Gasteiger partial charge in [-0.05, 0) is 55.7 Å². The number of aliphatic hydroxyl groups excluding tert-OH is 1. The van der Waals surface area contributed by atoms with Crippen LogP contribution in [-0.4, -0.2) is 17.5 Å². The van der Waals surface area contributed by atoms with E-state index >= 15 is 0 Å². The number of hydrogen-bond acceptors (Lipinski definition) is 2. The fraction of sp³-hybridized carbons (Fsp3) is 0.533. The number of benzene rings is 1. The van der Waals surface area contributed by atoms with Crippen molar-refractivity contribution in [1.82, 2.24) is 0 Å². The number of carbonyl (C=O) groups excluding carboxylic acids is 1. The number of rotatable bonds is 5. The average molecular weight is 232 g/mol. The Morgan fingerprint density at radius 2 is 2.12 bits per heavy atom. The SMILES string of the molecule is CC(=O)C(CCO)Cc1ccc2c(c1)CCC2. The van der Waals surface area contributed by atoms with Gasteiger partial charge in [0.15, 0.2) is 0 Å². The maximum atomic E-state index is 11.5. The van der Waals surface area contributed by atoms with Crippen LogP contribution in [0.5, 0.6) is 0 Å². The summed E-state index contributed by atoms with van der Waals surface area (Å²) >= 11 is 0. The molecule has 0 saturated heterocycles. The van der Waals surface area contributed by atoms with Crippen molar-refractivity contribution < 1.29 is 9.90 Å². The van der Waals surface area contributed by atoms with Crippen molar-refractivity contribution in [2.24, 2.45) is 5.92 Å². The first kappa shape index (κ1) is 12.3. The number of aryl methyl sites for hydroxylation is 2. The van der Waals surface area contributed by atoms with E-state index in [9.17, 15) is 4.79 Å². The Morgan fingerprint density at radius 1 is 1.35 bits per heavy atom. The van der Waals surface area contributed by atoms with E-state index in [0.717, 1.165) is 6.42 Å². The summed E-state index contributed by atoms with van der Waals surface area (Å²) in [6.45, 7) is 1.71. The lowest BCUT2D eigenvalue weighted by atomic mass is 9.92. The molecule has 0 aromatic heterocycles. The summed E-state index contributed by atoms with van der Waals surface area (Å²) in [6, 6.07) is 6.58. The standard InChI is InChI=1S/C15H20O2/c1-11(17)14(7-8-16)9-12-5-6-13-3-2-4-15(13)10-12/h5-6,10,14,16H,2-4,7-9H2,1H3. The number of carbonyl (C=O) groups is 1. The van der Waals surface area contributed by atoms with Crippen LogP contribution in [0.15, 0.2) is 18.2 Å². The minimum atomic E-state index is -0.0283. The van der Waals surface area contributed by atoms with Crippen LogP contribution in [0, 0.1) is 5.92 Å². The Kier molecular flexibility index (Phi) is 3.95. The van der Waals surface area contributed by atoms with Gasteiger partial charge in [0, 0.05) is 12.5 Å². The highest BCUT2D eigenvalue weighted by Gasteiger charge is 2.16. The van der Waals surface area contributed by atoms with Gasteiger partial charge in [-0.3, -0.25) is 4.79 Å². The van der Waals surface area contributed by atoms with E-state index in [1.807, 2.05) is 0 Å². The molecule has 0 spiro atoms. The molecule has 0 saturated carbocycles. The molecule has 1 aromatic rings. The van der Waals surface area contributed by atoms with E-state index in [-0.39, 0.29) is 18.3 Å². The van der Waals surface area contributed by atoms with Gasteiger partial charge in [-0.2, -0.15) is 0 Å². The fourth-order valence-electron chi connectivity index (χ4n) is 2.64. The van der Waals surface area contributed by atoms with Gasteiger partial charge in [0.1, 0.15) is 5.78 Å². The lowest BCUT2D eigenvalue weighted by Gasteiger charge is -2.13. The minimum Gasteiger partial charge on any atom is -0.396 e. The quantitative estimate of drug-likeness (QED) is 0.846. The average Bonchev–Trinajstić information content (AvgIpc) is 2.75. The van der Waals surface area contributed by atoms with Gasteiger partial charge in [0.05, 0.1) is 0 Å². The van der Waals surface area contributed by atoms with Gasteiger partial charge >= 0.3 is 0 Å². The molecule has 2 nitrogen and oxygen atoms in total. The third kappa shape index (κ3) is 2.95. The van der Waals surface area contributed by atoms with Crippen molar-refractivity contribution in [2.75, 3.05) is 6.61 Å². The first-order valence-corrected chi connectivity index (χ1v) is 6.42. The molecule has 1 aliphatic rings. The summed E-state index contributed by atoms with van der Waals surface area (Å²) in [4.78, 5) is 11.5. The lowest BCUT2D eigenvalue weighted by molar-refractivity contribution is -0.121. The van der Waals surface area contributed by atoms with Gasteiger partial charge in [-0.25, -0.2) is 0 Å². The number of ketones is 1. The highest BCUT2D eigenvalue weighted by Crippen LogP contribution is 2.24. The largest absolute Gasteiger partial charge is 0.396 e. The summed E-state index contributed by atoms with van der Waals surface area (Å²) in [5, 5.41) is 8.97. The molecule has 0 radical (unpaired) electrons. The van der Waals surface area contributed by atoms with Crippen LogP contribution < -0.4 is 0 Å². The van der Waals surface area contributed by atoms with Crippen molar-refractivity contribution >= 4 is 5.78 Å². The van der Waals surface area contributed by atoms with Crippen LogP contribution >= 0.6 is 0 Å². The van der Waals surface area contributed by atoms with Crippen molar-refractivity contribution in [3.63, 3.8) is 0 Å². The summed E-state index contributed by atoms with van der Waals surface area (Å²) in [5.74, 6) is 0.152. The monoisotopic (exact) mass is 232 g/mol. The number of fused-ring (bicyclic) bond motifs is 1. The summed E-state index contributed by atoms with van der Waals surface area (Å²) in [5.41, 5.74) is 4.16. The van der Waals surface area contributed by atoms with Crippen LogP contribution in [-0.2, 0) is 24.1 Å². The topological polar surface area (TPSA) is 37.3 Å². The molecule has 1 aliphatic carbocycles. The van der Waals surface area contributed by atoms with Crippen LogP contribution in [0.3, 0.4) is 0 Å². The molecular weight excluding hydrogens is 212 g/mol. The first-order chi connectivity index (χ1) is 8.20. The smallest absolute Gasteiger partial charge is 0.133 e. The second-order valence-electron chi connectivity index (χ2n) is 4.98. The number of hydrogen-bond donors (Lipinski definition) is 1. The Labute approximate surface area is 103 Å². The number of aliphatic hydroxyl groups is 1. The maximum absolute atomic E-state index is 11.5. The normalized spacial score (nSPS) is 15.6. The zero-order valence-corrected chi connectivity index (χ0v) is 10.4. The Balaban J connectivity index is 2.09. The van der Waals surface area contributed by atoms with E-state index in [0.29, 0.717) is 6.42 Å². The molecule has 17 heavy (non-hydrogen) atoms. The molecule has 0 amide bonds. The van der Waals surface area contributed by atoms with Crippen LogP contribution in [0.25, 0.3) is 0 Å². The predicted octanol–water partition coefficient (Wildman–Crippen LogP) is 2.31. The molecule has 92 valence electrons. The van der Waals surface area contributed by atoms with Gasteiger partial charge in [-0.1, -0.05) is 18.2 Å². The fourth-order valence-corrected chi connectivity index (χ4v) is 2.64. The van der Waals surface area contributed by atoms with Crippen molar-refractivity contribution in [3.05, 3.63) is 34.9 Å². The molecule has 1 unspecified atom stereocenters. The van der Waals surface area contributed by atoms with Crippen molar-refractivity contribution in [3.8, 4) is 0 Å². The molecule has 2 heteroatoms. The van der Waals surface area contributed by atoms with Gasteiger partial charge < -0.3 is 5.11 Å². The summed E-state index contributed by atoms with van der Waals surface area (Å²) < 4.78 is 0. The molecule has 0 heterocycles. The zero-order chi connectivity index (χ0) is 12.3. The Hall–Kier alpha value is -1.15. The third-order valence-electron chi connectivity index (χ3n) is 3.70. The maximum Gasteiger partial charge on any atom is 0.133 e. The highest BCUT2D eigenvalue weighted by atomic mass is 16.3. The molecule has 1 aromatic carbocycles. The van der Waals surface area contributed by atoms with Crippen LogP contribution in [0.1, 0.15) is 36.5 Å². The second kappa shape index (κ2) is 5.46. The number of Topliss-reactive ketones (excluding diaryl/α,β-unsaturated/α-hetero) is 1. The predicted molar refractivity (Wildman–Crippen MR) is 68.0 cm³/mol. The molecule has 0 aliphatic heterocycles. The highest BCUT2D eigenvalue weighted by molar-refractivity contribution is 5.78. The zero-order valence-electron chi connectivity index (χ0n) is 10.4. The first-order valence-electron chi connectivity index (χ1n) is 6.42. The summed E-state index contributed by atoms with van der Waals surface area (Å²) in [6.07, 6.45) is 4.97. The van der Waals surface area contributed by atoms with Crippen LogP contribution in [0.4, 0.5) is 0 Å². The van der Waals surface area contributed by atoms with Gasteiger partial charge in [0.2, 0.25) is 0 Å². The van der Waals surface area contributed by atoms with Crippen LogP contribution in [0.2, 0.25) is 0 Å². The third-order valence-corrected chi connectivity index (χ3v) is 3.70. The molecule has 2 rings (SSSR count). The Bertz CT molecular complexity index is 409. The van der Waals surface area contributed by atoms with Crippen molar-refractivity contribution in [1.29, 1.82) is 0 Å².